The number of rotatable bonds is 6. The Morgan fingerprint density at radius 1 is 1.44 bits per heavy atom. The molecule has 0 unspecified atom stereocenters. The Labute approximate surface area is 106 Å². The second-order valence-electron chi connectivity index (χ2n) is 2.92. The number of nitrogens with zero attached hydrogens (tertiary/aromatic N) is 4. The predicted molar refractivity (Wildman–Crippen MR) is 68.2 cm³/mol. The van der Waals surface area contributed by atoms with Crippen LogP contribution < -0.4 is 5.32 Å². The van der Waals surface area contributed by atoms with Crippen LogP contribution in [0, 0.1) is 0 Å². The molecule has 0 aliphatic heterocycles. The average molecular weight is 273 g/mol. The monoisotopic (exact) mass is 273 g/mol. The van der Waals surface area contributed by atoms with Crippen molar-refractivity contribution in [1.82, 2.24) is 19.6 Å². The van der Waals surface area contributed by atoms with Crippen LogP contribution in [-0.4, -0.2) is 26.1 Å². The van der Waals surface area contributed by atoms with E-state index in [2.05, 4.69) is 31.8 Å². The Morgan fingerprint density at radius 3 is 3.12 bits per heavy atom. The molecule has 2 aromatic heterocycles. The van der Waals surface area contributed by atoms with Gasteiger partial charge in [0.2, 0.25) is 5.13 Å². The van der Waals surface area contributed by atoms with Crippen LogP contribution in [0.3, 0.4) is 0 Å². The van der Waals surface area contributed by atoms with E-state index >= 15 is 0 Å². The highest BCUT2D eigenvalue weighted by Gasteiger charge is 2.05. The first-order valence-corrected chi connectivity index (χ1v) is 7.41. The summed E-state index contributed by atoms with van der Waals surface area (Å²) in [6, 6.07) is 0. The molecule has 0 bridgehead atoms. The zero-order valence-corrected chi connectivity index (χ0v) is 11.2. The van der Waals surface area contributed by atoms with Crippen molar-refractivity contribution in [3.8, 4) is 0 Å². The standard InChI is InChI=1S/C8H11N5S3/c1-2-3-9-7-13-12-6(15-7)4-14-8-10-5-11-16-8/h5H,2-4H2,1H3,(H,9,13). The maximum absolute atomic E-state index is 4.11. The summed E-state index contributed by atoms with van der Waals surface area (Å²) in [5.41, 5.74) is 0. The van der Waals surface area contributed by atoms with Gasteiger partial charge in [-0.1, -0.05) is 30.0 Å². The molecular weight excluding hydrogens is 262 g/mol. The van der Waals surface area contributed by atoms with Gasteiger partial charge in [0.1, 0.15) is 11.3 Å². The lowest BCUT2D eigenvalue weighted by molar-refractivity contribution is 0.958. The second kappa shape index (κ2) is 6.12. The van der Waals surface area contributed by atoms with Gasteiger partial charge in [-0.25, -0.2) is 4.98 Å². The lowest BCUT2D eigenvalue weighted by Gasteiger charge is -1.95. The molecule has 16 heavy (non-hydrogen) atoms. The number of hydrogen-bond acceptors (Lipinski definition) is 8. The molecular formula is C8H11N5S3. The van der Waals surface area contributed by atoms with Gasteiger partial charge in [-0.2, -0.15) is 4.37 Å². The minimum absolute atomic E-state index is 0.806. The summed E-state index contributed by atoms with van der Waals surface area (Å²) in [4.78, 5) is 4.10. The van der Waals surface area contributed by atoms with E-state index in [9.17, 15) is 0 Å². The van der Waals surface area contributed by atoms with E-state index in [0.717, 1.165) is 33.2 Å². The molecule has 0 aliphatic carbocycles. The highest BCUT2D eigenvalue weighted by Crippen LogP contribution is 2.25. The summed E-state index contributed by atoms with van der Waals surface area (Å²) >= 11 is 4.64. The Hall–Kier alpha value is -0.730. The van der Waals surface area contributed by atoms with Crippen molar-refractivity contribution in [1.29, 1.82) is 0 Å². The smallest absolute Gasteiger partial charge is 0.205 e. The first kappa shape index (κ1) is 11.7. The van der Waals surface area contributed by atoms with E-state index in [1.165, 1.54) is 11.5 Å². The van der Waals surface area contributed by atoms with E-state index in [1.54, 1.807) is 29.4 Å². The van der Waals surface area contributed by atoms with Crippen molar-refractivity contribution in [3.63, 3.8) is 0 Å². The fraction of sp³-hybridized carbons (Fsp3) is 0.500. The summed E-state index contributed by atoms with van der Waals surface area (Å²) in [5, 5.41) is 13.3. The van der Waals surface area contributed by atoms with E-state index in [-0.39, 0.29) is 0 Å². The quantitative estimate of drug-likeness (QED) is 0.816. The Bertz CT molecular complexity index is 413. The van der Waals surface area contributed by atoms with Crippen LogP contribution in [0.1, 0.15) is 18.4 Å². The fourth-order valence-corrected chi connectivity index (χ4v) is 3.16. The Balaban J connectivity index is 1.83. The third kappa shape index (κ3) is 3.39. The van der Waals surface area contributed by atoms with Crippen molar-refractivity contribution >= 4 is 39.8 Å². The molecule has 2 heterocycles. The van der Waals surface area contributed by atoms with Gasteiger partial charge in [0.15, 0.2) is 4.34 Å². The number of nitrogens with one attached hydrogen (secondary N) is 1. The van der Waals surface area contributed by atoms with Gasteiger partial charge in [0.05, 0.1) is 5.75 Å². The van der Waals surface area contributed by atoms with Gasteiger partial charge < -0.3 is 5.32 Å². The minimum Gasteiger partial charge on any atom is -0.360 e. The molecule has 8 heteroatoms. The molecule has 0 saturated carbocycles. The molecule has 0 spiro atoms. The van der Waals surface area contributed by atoms with Crippen LogP contribution in [0.15, 0.2) is 10.7 Å². The second-order valence-corrected chi connectivity index (χ2v) is 5.99. The summed E-state index contributed by atoms with van der Waals surface area (Å²) in [5.74, 6) is 0.806. The maximum atomic E-state index is 4.11. The lowest BCUT2D eigenvalue weighted by atomic mass is 10.5. The lowest BCUT2D eigenvalue weighted by Crippen LogP contribution is -1.98. The predicted octanol–water partition coefficient (Wildman–Crippen LogP) is 2.50. The van der Waals surface area contributed by atoms with Crippen LogP contribution >= 0.6 is 34.6 Å². The molecule has 2 aromatic rings. The Kier molecular flexibility index (Phi) is 4.49. The first-order chi connectivity index (χ1) is 7.88. The summed E-state index contributed by atoms with van der Waals surface area (Å²) in [6.45, 7) is 3.07. The summed E-state index contributed by atoms with van der Waals surface area (Å²) in [6.07, 6.45) is 2.66. The highest BCUT2D eigenvalue weighted by atomic mass is 32.2. The molecule has 1 N–H and O–H groups in total. The van der Waals surface area contributed by atoms with Gasteiger partial charge >= 0.3 is 0 Å². The van der Waals surface area contributed by atoms with Crippen LogP contribution in [0.4, 0.5) is 5.13 Å². The SMILES string of the molecule is CCCNc1nnc(CSc2ncns2)s1. The Morgan fingerprint density at radius 2 is 2.38 bits per heavy atom. The van der Waals surface area contributed by atoms with E-state index in [1.807, 2.05) is 0 Å². The number of aromatic nitrogens is 4. The normalized spacial score (nSPS) is 10.6. The van der Waals surface area contributed by atoms with Crippen molar-refractivity contribution in [2.45, 2.75) is 23.4 Å². The van der Waals surface area contributed by atoms with Crippen molar-refractivity contribution in [2.75, 3.05) is 11.9 Å². The number of anilines is 1. The minimum atomic E-state index is 0.806. The van der Waals surface area contributed by atoms with Crippen molar-refractivity contribution in [3.05, 3.63) is 11.3 Å². The topological polar surface area (TPSA) is 63.6 Å². The molecule has 0 atom stereocenters. The van der Waals surface area contributed by atoms with Crippen LogP contribution in [0.2, 0.25) is 0 Å². The molecule has 86 valence electrons. The maximum Gasteiger partial charge on any atom is 0.205 e. The fourth-order valence-electron chi connectivity index (χ4n) is 0.965. The molecule has 0 amide bonds. The molecule has 0 radical (unpaired) electrons. The first-order valence-electron chi connectivity index (χ1n) is 4.84. The van der Waals surface area contributed by atoms with Crippen molar-refractivity contribution < 1.29 is 0 Å². The van der Waals surface area contributed by atoms with Crippen LogP contribution in [0.25, 0.3) is 0 Å². The zero-order valence-electron chi connectivity index (χ0n) is 8.71. The van der Waals surface area contributed by atoms with Gasteiger partial charge in [-0.3, -0.25) is 0 Å². The largest absolute Gasteiger partial charge is 0.360 e. The molecule has 0 aliphatic rings. The van der Waals surface area contributed by atoms with Gasteiger partial charge in [-0.15, -0.1) is 10.2 Å². The van der Waals surface area contributed by atoms with E-state index < -0.39 is 0 Å². The third-order valence-corrected chi connectivity index (χ3v) is 4.53. The molecule has 2 rings (SSSR count). The van der Waals surface area contributed by atoms with Gasteiger partial charge in [0.25, 0.3) is 0 Å². The van der Waals surface area contributed by atoms with Gasteiger partial charge in [0, 0.05) is 6.54 Å². The van der Waals surface area contributed by atoms with E-state index in [0.29, 0.717) is 0 Å². The third-order valence-electron chi connectivity index (χ3n) is 1.65. The van der Waals surface area contributed by atoms with Crippen LogP contribution in [-0.2, 0) is 5.75 Å². The van der Waals surface area contributed by atoms with Gasteiger partial charge in [-0.05, 0) is 18.0 Å². The molecule has 0 aromatic carbocycles. The molecule has 0 fully saturated rings. The molecule has 0 saturated heterocycles. The zero-order chi connectivity index (χ0) is 11.2. The number of thioether (sulfide) groups is 1. The van der Waals surface area contributed by atoms with Crippen LogP contribution in [0.5, 0.6) is 0 Å². The van der Waals surface area contributed by atoms with E-state index in [4.69, 9.17) is 0 Å². The number of hydrogen-bond donors (Lipinski definition) is 1. The molecule has 5 nitrogen and oxygen atoms in total. The summed E-state index contributed by atoms with van der Waals surface area (Å²) in [7, 11) is 0. The summed E-state index contributed by atoms with van der Waals surface area (Å²) < 4.78 is 4.92. The van der Waals surface area contributed by atoms with Crippen molar-refractivity contribution in [2.24, 2.45) is 0 Å². The highest BCUT2D eigenvalue weighted by molar-refractivity contribution is 8.00. The average Bonchev–Trinajstić information content (AvgIpc) is 2.95.